The molecule has 0 aliphatic carbocycles. The maximum Gasteiger partial charge on any atom is 0.326 e. The number of hydrogen-bond donors (Lipinski definition) is 15. The minimum atomic E-state index is -1.56. The molecule has 0 unspecified atom stereocenters. The van der Waals surface area contributed by atoms with Gasteiger partial charge in [-0.3, -0.25) is 52.7 Å². The van der Waals surface area contributed by atoms with Crippen LogP contribution in [-0.4, -0.2) is 165 Å². The number of hydrogen-bond acceptors (Lipinski definition) is 15. The number of nitrogens with one attached hydrogen (secondary N) is 9. The standard InChI is InChI=1S/C49H87N11O16/c1-12-26(8)39(60-44(70)32(17-19-36(64)65)55-40(66)27(9)52-45(71)33(21-23(2)3)57-46(72)37(51)29(11)61)48(74)53-28(10)41(67)54-30(15-13-14-20-50)43(69)59-38(25(6)7)47(73)56-31(16-18-35(62)63)42(68)58-34(49(75)76)22-24(4)5/h23-34,37-39,61H,12-22,50-51H2,1-11H3,(H,52,71)(H,53,74)(H,54,67)(H,55,66)(H,56,73)(H,57,72)(H,58,68)(H,59,69)(H,60,70)(H,62,63)(H,64,65)(H,75,76)/t26-,27-,28-,29+,30-,31-,32-,33-,34-,37-,38-,39-/m0/s1. The van der Waals surface area contributed by atoms with Crippen LogP contribution in [0.4, 0.5) is 0 Å². The Balaban J connectivity index is 6.40. The average Bonchev–Trinajstić information content (AvgIpc) is 3.32. The molecule has 0 fully saturated rings. The fraction of sp³-hybridized carbons (Fsp3) is 0.755. The molecule has 17 N–H and O–H groups in total. The fourth-order valence-corrected chi connectivity index (χ4v) is 7.34. The van der Waals surface area contributed by atoms with Crippen molar-refractivity contribution in [2.45, 2.75) is 207 Å². The Morgan fingerprint density at radius 2 is 0.803 bits per heavy atom. The summed E-state index contributed by atoms with van der Waals surface area (Å²) >= 11 is 0. The first kappa shape index (κ1) is 69.5. The second-order valence-electron chi connectivity index (χ2n) is 20.4. The first-order valence-electron chi connectivity index (χ1n) is 25.8. The molecule has 0 heterocycles. The van der Waals surface area contributed by atoms with Crippen LogP contribution in [-0.2, 0) is 57.5 Å². The third kappa shape index (κ3) is 26.3. The Morgan fingerprint density at radius 1 is 0.434 bits per heavy atom. The molecule has 0 radical (unpaired) electrons. The molecule has 0 aromatic rings. The zero-order chi connectivity index (χ0) is 58.7. The number of carbonyl (C=O) groups is 12. The summed E-state index contributed by atoms with van der Waals surface area (Å²) < 4.78 is 0. The molecule has 0 bridgehead atoms. The Morgan fingerprint density at radius 3 is 1.21 bits per heavy atom. The summed E-state index contributed by atoms with van der Waals surface area (Å²) in [5, 5.41) is 60.5. The van der Waals surface area contributed by atoms with Gasteiger partial charge in [-0.2, -0.15) is 0 Å². The number of aliphatic carboxylic acids is 3. The van der Waals surface area contributed by atoms with E-state index >= 15 is 0 Å². The molecule has 434 valence electrons. The van der Waals surface area contributed by atoms with E-state index in [1.165, 1.54) is 20.8 Å². The van der Waals surface area contributed by atoms with E-state index in [1.807, 2.05) is 0 Å². The van der Waals surface area contributed by atoms with Crippen LogP contribution in [0.25, 0.3) is 0 Å². The molecule has 0 aromatic carbocycles. The van der Waals surface area contributed by atoms with Crippen molar-refractivity contribution in [1.29, 1.82) is 0 Å². The van der Waals surface area contributed by atoms with E-state index < -0.39 is 175 Å². The van der Waals surface area contributed by atoms with Crippen molar-refractivity contribution in [2.75, 3.05) is 6.54 Å². The van der Waals surface area contributed by atoms with Gasteiger partial charge in [-0.1, -0.05) is 61.8 Å². The normalized spacial score (nSPS) is 16.1. The van der Waals surface area contributed by atoms with Crippen LogP contribution in [0.3, 0.4) is 0 Å². The molecule has 0 spiro atoms. The molecular weight excluding hydrogens is 999 g/mol. The first-order valence-corrected chi connectivity index (χ1v) is 25.8. The van der Waals surface area contributed by atoms with Gasteiger partial charge in [-0.15, -0.1) is 0 Å². The third-order valence-corrected chi connectivity index (χ3v) is 12.2. The second kappa shape index (κ2) is 35.0. The molecule has 0 saturated heterocycles. The van der Waals surface area contributed by atoms with E-state index in [0.29, 0.717) is 19.3 Å². The lowest BCUT2D eigenvalue weighted by molar-refractivity contribution is -0.143. The van der Waals surface area contributed by atoms with Gasteiger partial charge in [0.1, 0.15) is 60.4 Å². The highest BCUT2D eigenvalue weighted by molar-refractivity contribution is 5.98. The number of carboxylic acids is 3. The molecule has 0 aromatic heterocycles. The van der Waals surface area contributed by atoms with Crippen LogP contribution < -0.4 is 59.3 Å². The van der Waals surface area contributed by atoms with Crippen molar-refractivity contribution in [3.05, 3.63) is 0 Å². The minimum Gasteiger partial charge on any atom is -0.481 e. The quantitative estimate of drug-likeness (QED) is 0.0295. The molecule has 76 heavy (non-hydrogen) atoms. The number of unbranched alkanes of at least 4 members (excludes halogenated alkanes) is 1. The molecule has 12 atom stereocenters. The summed E-state index contributed by atoms with van der Waals surface area (Å²) in [6.45, 7) is 17.6. The van der Waals surface area contributed by atoms with E-state index in [2.05, 4.69) is 47.9 Å². The molecule has 0 saturated carbocycles. The van der Waals surface area contributed by atoms with Crippen LogP contribution in [0, 0.1) is 23.7 Å². The smallest absolute Gasteiger partial charge is 0.326 e. The molecule has 0 aliphatic rings. The maximum absolute atomic E-state index is 13.9. The summed E-state index contributed by atoms with van der Waals surface area (Å²) in [6.07, 6.45) is -2.09. The van der Waals surface area contributed by atoms with Gasteiger partial charge in [0, 0.05) is 12.8 Å². The Kier molecular flexibility index (Phi) is 32.0. The number of amides is 9. The highest BCUT2D eigenvalue weighted by Crippen LogP contribution is 2.13. The van der Waals surface area contributed by atoms with Crippen LogP contribution >= 0.6 is 0 Å². The topological polar surface area (TPSA) is 446 Å². The van der Waals surface area contributed by atoms with E-state index in [-0.39, 0.29) is 37.6 Å². The predicted octanol–water partition coefficient (Wildman–Crippen LogP) is -2.17. The zero-order valence-electron chi connectivity index (χ0n) is 45.8. The molecule has 9 amide bonds. The van der Waals surface area contributed by atoms with Crippen LogP contribution in [0.15, 0.2) is 0 Å². The summed E-state index contributed by atoms with van der Waals surface area (Å²) in [7, 11) is 0. The van der Waals surface area contributed by atoms with Crippen molar-refractivity contribution >= 4 is 71.1 Å². The van der Waals surface area contributed by atoms with Gasteiger partial charge < -0.3 is 79.7 Å². The maximum atomic E-state index is 13.9. The van der Waals surface area contributed by atoms with Gasteiger partial charge in [0.15, 0.2) is 0 Å². The summed E-state index contributed by atoms with van der Waals surface area (Å²) in [5.41, 5.74) is 11.4. The van der Waals surface area contributed by atoms with E-state index in [0.717, 1.165) is 0 Å². The SMILES string of the molecule is CC[C@H](C)[C@H](NC(=O)[C@H](CCC(=O)O)NC(=O)[C@H](C)NC(=O)[C@H](CC(C)C)NC(=O)[C@@H](N)[C@@H](C)O)C(=O)N[C@@H](C)C(=O)N[C@@H](CCCCN)C(=O)N[C@H](C(=O)N[C@@H](CCC(=O)O)C(=O)N[C@@H](CC(C)C)C(=O)O)C(C)C. The number of nitrogens with two attached hydrogens (primary N) is 2. The third-order valence-electron chi connectivity index (χ3n) is 12.2. The van der Waals surface area contributed by atoms with Crippen LogP contribution in [0.2, 0.25) is 0 Å². The number of aliphatic hydroxyl groups is 1. The van der Waals surface area contributed by atoms with Gasteiger partial charge in [0.05, 0.1) is 6.10 Å². The monoisotopic (exact) mass is 1090 g/mol. The summed E-state index contributed by atoms with van der Waals surface area (Å²) in [5.74, 6) is -13.5. The average molecular weight is 1090 g/mol. The van der Waals surface area contributed by atoms with Crippen molar-refractivity contribution in [3.63, 3.8) is 0 Å². The van der Waals surface area contributed by atoms with E-state index in [4.69, 9.17) is 11.5 Å². The Bertz CT molecular complexity index is 1990. The van der Waals surface area contributed by atoms with Gasteiger partial charge in [-0.05, 0) is 95.9 Å². The Hall–Kier alpha value is -6.48. The zero-order valence-corrected chi connectivity index (χ0v) is 45.8. The van der Waals surface area contributed by atoms with Gasteiger partial charge >= 0.3 is 17.9 Å². The largest absolute Gasteiger partial charge is 0.481 e. The molecule has 27 heteroatoms. The first-order chi connectivity index (χ1) is 35.3. The Labute approximate surface area is 444 Å². The highest BCUT2D eigenvalue weighted by Gasteiger charge is 2.36. The van der Waals surface area contributed by atoms with E-state index in [9.17, 15) is 78.0 Å². The highest BCUT2D eigenvalue weighted by atomic mass is 16.4. The predicted molar refractivity (Wildman–Crippen MR) is 276 cm³/mol. The second-order valence-corrected chi connectivity index (χ2v) is 20.4. The van der Waals surface area contributed by atoms with Crippen molar-refractivity contribution < 1.29 is 78.0 Å². The number of carbonyl (C=O) groups excluding carboxylic acids is 9. The lowest BCUT2D eigenvalue weighted by Crippen LogP contribution is -2.61. The number of carboxylic acid groups (broad SMARTS) is 3. The lowest BCUT2D eigenvalue weighted by atomic mass is 9.97. The summed E-state index contributed by atoms with van der Waals surface area (Å²) in [4.78, 5) is 157. The molecule has 0 aliphatic heterocycles. The van der Waals surface area contributed by atoms with Gasteiger partial charge in [-0.25, -0.2) is 4.79 Å². The molecule has 27 nitrogen and oxygen atoms in total. The summed E-state index contributed by atoms with van der Waals surface area (Å²) in [6, 6.07) is -13.7. The van der Waals surface area contributed by atoms with Crippen LogP contribution in [0.5, 0.6) is 0 Å². The lowest BCUT2D eigenvalue weighted by Gasteiger charge is -2.29. The van der Waals surface area contributed by atoms with Crippen molar-refractivity contribution in [1.82, 2.24) is 47.9 Å². The van der Waals surface area contributed by atoms with Crippen LogP contribution in [0.1, 0.15) is 140 Å². The van der Waals surface area contributed by atoms with E-state index in [1.54, 1.807) is 55.4 Å². The number of aliphatic hydroxyl groups excluding tert-OH is 1. The molecular formula is C49H87N11O16. The minimum absolute atomic E-state index is 0.00298. The fourth-order valence-electron chi connectivity index (χ4n) is 7.34. The van der Waals surface area contributed by atoms with Crippen molar-refractivity contribution in [3.8, 4) is 0 Å². The van der Waals surface area contributed by atoms with Gasteiger partial charge in [0.2, 0.25) is 53.2 Å². The van der Waals surface area contributed by atoms with Crippen molar-refractivity contribution in [2.24, 2.45) is 35.1 Å². The number of rotatable bonds is 37. The molecule has 0 rings (SSSR count). The van der Waals surface area contributed by atoms with Gasteiger partial charge in [0.25, 0.3) is 0 Å².